The smallest absolute Gasteiger partial charge is 0.213 e. The van der Waals surface area contributed by atoms with Crippen LogP contribution in [0.25, 0.3) is 0 Å². The highest BCUT2D eigenvalue weighted by atomic mass is 19.1. The molecule has 0 aliphatic carbocycles. The SMILES string of the molecule is Cc1cc(COc2ccc(F)nc2)n(C)n1. The van der Waals surface area contributed by atoms with Crippen molar-refractivity contribution in [3.8, 4) is 5.75 Å². The van der Waals surface area contributed by atoms with Gasteiger partial charge in [0, 0.05) is 7.05 Å². The van der Waals surface area contributed by atoms with Crippen molar-refractivity contribution in [1.82, 2.24) is 14.8 Å². The molecular formula is C11H12FN3O. The summed E-state index contributed by atoms with van der Waals surface area (Å²) in [5.74, 6) is 0.0315. The lowest BCUT2D eigenvalue weighted by atomic mass is 10.4. The second-order valence-corrected chi connectivity index (χ2v) is 3.51. The zero-order chi connectivity index (χ0) is 11.5. The Morgan fingerprint density at radius 2 is 2.25 bits per heavy atom. The van der Waals surface area contributed by atoms with Crippen LogP contribution < -0.4 is 4.74 Å². The molecule has 16 heavy (non-hydrogen) atoms. The maximum Gasteiger partial charge on any atom is 0.213 e. The minimum atomic E-state index is -0.510. The number of aromatic nitrogens is 3. The molecule has 4 nitrogen and oxygen atoms in total. The van der Waals surface area contributed by atoms with Gasteiger partial charge in [0.05, 0.1) is 17.6 Å². The molecule has 0 bridgehead atoms. The van der Waals surface area contributed by atoms with Crippen molar-refractivity contribution < 1.29 is 9.13 Å². The molecule has 5 heteroatoms. The molecule has 0 N–H and O–H groups in total. The molecule has 0 aliphatic heterocycles. The first-order valence-electron chi connectivity index (χ1n) is 4.89. The van der Waals surface area contributed by atoms with Crippen LogP contribution in [0.5, 0.6) is 5.75 Å². The zero-order valence-corrected chi connectivity index (χ0v) is 9.14. The average molecular weight is 221 g/mol. The molecule has 0 saturated carbocycles. The molecular weight excluding hydrogens is 209 g/mol. The predicted molar refractivity (Wildman–Crippen MR) is 56.5 cm³/mol. The topological polar surface area (TPSA) is 39.9 Å². The van der Waals surface area contributed by atoms with Crippen LogP contribution in [-0.2, 0) is 13.7 Å². The van der Waals surface area contributed by atoms with Crippen molar-refractivity contribution in [2.75, 3.05) is 0 Å². The fourth-order valence-corrected chi connectivity index (χ4v) is 1.40. The standard InChI is InChI=1S/C11H12FN3O/c1-8-5-9(15(2)14-8)7-16-10-3-4-11(12)13-6-10/h3-6H,7H2,1-2H3. The molecule has 0 atom stereocenters. The number of ether oxygens (including phenoxy) is 1. The van der Waals surface area contributed by atoms with Gasteiger partial charge in [0.15, 0.2) is 0 Å². The zero-order valence-electron chi connectivity index (χ0n) is 9.14. The number of halogens is 1. The lowest BCUT2D eigenvalue weighted by molar-refractivity contribution is 0.293. The number of hydrogen-bond acceptors (Lipinski definition) is 3. The van der Waals surface area contributed by atoms with Gasteiger partial charge in [0.25, 0.3) is 0 Å². The van der Waals surface area contributed by atoms with E-state index in [1.54, 1.807) is 10.7 Å². The summed E-state index contributed by atoms with van der Waals surface area (Å²) in [4.78, 5) is 3.50. The fourth-order valence-electron chi connectivity index (χ4n) is 1.40. The molecule has 0 spiro atoms. The largest absolute Gasteiger partial charge is 0.486 e. The van der Waals surface area contributed by atoms with Gasteiger partial charge < -0.3 is 4.74 Å². The molecule has 0 radical (unpaired) electrons. The van der Waals surface area contributed by atoms with Crippen LogP contribution in [0.2, 0.25) is 0 Å². The van der Waals surface area contributed by atoms with E-state index in [9.17, 15) is 4.39 Å². The number of pyridine rings is 1. The summed E-state index contributed by atoms with van der Waals surface area (Å²) in [5, 5.41) is 4.20. The van der Waals surface area contributed by atoms with Crippen molar-refractivity contribution in [1.29, 1.82) is 0 Å². The summed E-state index contributed by atoms with van der Waals surface area (Å²) < 4.78 is 19.7. The molecule has 2 rings (SSSR count). The van der Waals surface area contributed by atoms with Gasteiger partial charge in [-0.3, -0.25) is 4.68 Å². The Morgan fingerprint density at radius 3 is 2.81 bits per heavy atom. The summed E-state index contributed by atoms with van der Waals surface area (Å²) in [6, 6.07) is 4.76. The van der Waals surface area contributed by atoms with E-state index in [1.807, 2.05) is 20.0 Å². The Balaban J connectivity index is 2.02. The molecule has 2 aromatic rings. The van der Waals surface area contributed by atoms with Gasteiger partial charge in [-0.25, -0.2) is 4.98 Å². The Morgan fingerprint density at radius 1 is 1.44 bits per heavy atom. The monoisotopic (exact) mass is 221 g/mol. The van der Waals surface area contributed by atoms with Gasteiger partial charge in [-0.05, 0) is 25.1 Å². The van der Waals surface area contributed by atoms with E-state index < -0.39 is 5.95 Å². The summed E-state index contributed by atoms with van der Waals surface area (Å²) in [6.07, 6.45) is 1.36. The second-order valence-electron chi connectivity index (χ2n) is 3.51. The lowest BCUT2D eigenvalue weighted by Gasteiger charge is -2.05. The summed E-state index contributed by atoms with van der Waals surface area (Å²) in [7, 11) is 1.86. The molecule has 0 aromatic carbocycles. The minimum absolute atomic E-state index is 0.394. The van der Waals surface area contributed by atoms with E-state index in [0.29, 0.717) is 12.4 Å². The molecule has 0 amide bonds. The van der Waals surface area contributed by atoms with Gasteiger partial charge in [-0.15, -0.1) is 0 Å². The number of rotatable bonds is 3. The molecule has 2 heterocycles. The van der Waals surface area contributed by atoms with Crippen molar-refractivity contribution in [2.45, 2.75) is 13.5 Å². The first kappa shape index (κ1) is 10.6. The normalized spacial score (nSPS) is 10.4. The van der Waals surface area contributed by atoms with Crippen LogP contribution in [0.4, 0.5) is 4.39 Å². The molecule has 0 aliphatic rings. The van der Waals surface area contributed by atoms with Crippen LogP contribution >= 0.6 is 0 Å². The Hall–Kier alpha value is -1.91. The highest BCUT2D eigenvalue weighted by Gasteiger charge is 2.03. The van der Waals surface area contributed by atoms with E-state index >= 15 is 0 Å². The van der Waals surface area contributed by atoms with E-state index in [1.165, 1.54) is 12.3 Å². The van der Waals surface area contributed by atoms with Crippen molar-refractivity contribution in [3.05, 3.63) is 41.7 Å². The van der Waals surface area contributed by atoms with E-state index in [4.69, 9.17) is 4.74 Å². The van der Waals surface area contributed by atoms with Gasteiger partial charge in [0.1, 0.15) is 12.4 Å². The van der Waals surface area contributed by atoms with Crippen LogP contribution in [0, 0.1) is 12.9 Å². The third kappa shape index (κ3) is 2.36. The maximum atomic E-state index is 12.5. The van der Waals surface area contributed by atoms with Crippen LogP contribution in [0.3, 0.4) is 0 Å². The molecule has 0 unspecified atom stereocenters. The molecule has 2 aromatic heterocycles. The Bertz CT molecular complexity index is 478. The summed E-state index contributed by atoms with van der Waals surface area (Å²) in [6.45, 7) is 2.31. The van der Waals surface area contributed by atoms with Crippen molar-refractivity contribution in [3.63, 3.8) is 0 Å². The fraction of sp³-hybridized carbons (Fsp3) is 0.273. The Kier molecular flexibility index (Phi) is 2.85. The molecule has 0 saturated heterocycles. The van der Waals surface area contributed by atoms with Crippen LogP contribution in [0.15, 0.2) is 24.4 Å². The second kappa shape index (κ2) is 4.30. The van der Waals surface area contributed by atoms with E-state index in [2.05, 4.69) is 10.1 Å². The first-order chi connectivity index (χ1) is 7.65. The van der Waals surface area contributed by atoms with E-state index in [-0.39, 0.29) is 0 Å². The predicted octanol–water partition coefficient (Wildman–Crippen LogP) is 1.84. The van der Waals surface area contributed by atoms with E-state index in [0.717, 1.165) is 11.4 Å². The Labute approximate surface area is 92.7 Å². The van der Waals surface area contributed by atoms with Gasteiger partial charge >= 0.3 is 0 Å². The summed E-state index contributed by atoms with van der Waals surface area (Å²) >= 11 is 0. The number of nitrogens with zero attached hydrogens (tertiary/aromatic N) is 3. The molecule has 84 valence electrons. The highest BCUT2D eigenvalue weighted by molar-refractivity contribution is 5.17. The number of hydrogen-bond donors (Lipinski definition) is 0. The maximum absolute atomic E-state index is 12.5. The van der Waals surface area contributed by atoms with Gasteiger partial charge in [-0.1, -0.05) is 0 Å². The third-order valence-corrected chi connectivity index (χ3v) is 2.19. The van der Waals surface area contributed by atoms with Gasteiger partial charge in [0.2, 0.25) is 5.95 Å². The quantitative estimate of drug-likeness (QED) is 0.742. The highest BCUT2D eigenvalue weighted by Crippen LogP contribution is 2.11. The molecule has 0 fully saturated rings. The van der Waals surface area contributed by atoms with Gasteiger partial charge in [-0.2, -0.15) is 9.49 Å². The third-order valence-electron chi connectivity index (χ3n) is 2.19. The summed E-state index contributed by atoms with van der Waals surface area (Å²) in [5.41, 5.74) is 1.90. The number of aryl methyl sites for hydroxylation is 2. The van der Waals surface area contributed by atoms with Crippen LogP contribution in [0.1, 0.15) is 11.4 Å². The lowest BCUT2D eigenvalue weighted by Crippen LogP contribution is -2.03. The van der Waals surface area contributed by atoms with Crippen molar-refractivity contribution in [2.24, 2.45) is 7.05 Å². The average Bonchev–Trinajstić information content (AvgIpc) is 2.57. The minimum Gasteiger partial charge on any atom is -0.486 e. The van der Waals surface area contributed by atoms with Crippen molar-refractivity contribution >= 4 is 0 Å². The first-order valence-corrected chi connectivity index (χ1v) is 4.89. The van der Waals surface area contributed by atoms with Crippen LogP contribution in [-0.4, -0.2) is 14.8 Å².